The summed E-state index contributed by atoms with van der Waals surface area (Å²) in [5, 5.41) is 6.95. The first kappa shape index (κ1) is 15.1. The molecule has 0 atom stereocenters. The van der Waals surface area contributed by atoms with Gasteiger partial charge in [-0.25, -0.2) is 9.97 Å². The molecule has 0 unspecified atom stereocenters. The maximum atomic E-state index is 6.16. The molecular weight excluding hydrogens is 312 g/mol. The monoisotopic (exact) mass is 326 g/mol. The van der Waals surface area contributed by atoms with Gasteiger partial charge in [0.15, 0.2) is 11.6 Å². The van der Waals surface area contributed by atoms with E-state index in [1.807, 2.05) is 37.3 Å². The van der Waals surface area contributed by atoms with Crippen LogP contribution in [0.1, 0.15) is 5.56 Å². The van der Waals surface area contributed by atoms with Crippen molar-refractivity contribution < 1.29 is 0 Å². The number of hydrogen-bond donors (Lipinski definition) is 3. The summed E-state index contributed by atoms with van der Waals surface area (Å²) in [4.78, 5) is 12.4. The number of anilines is 5. The summed E-state index contributed by atoms with van der Waals surface area (Å²) in [5.74, 6) is 1.02. The number of nitrogens with one attached hydrogen (secondary N) is 2. The molecule has 0 bridgehead atoms. The molecule has 0 aliphatic carbocycles. The van der Waals surface area contributed by atoms with Gasteiger partial charge in [-0.2, -0.15) is 0 Å². The number of pyridine rings is 1. The van der Waals surface area contributed by atoms with Crippen molar-refractivity contribution in [1.82, 2.24) is 15.0 Å². The molecule has 23 heavy (non-hydrogen) atoms. The van der Waals surface area contributed by atoms with E-state index in [1.165, 1.54) is 6.33 Å². The minimum absolute atomic E-state index is 0.413. The van der Waals surface area contributed by atoms with E-state index in [-0.39, 0.29) is 0 Å². The van der Waals surface area contributed by atoms with Gasteiger partial charge < -0.3 is 16.4 Å². The molecule has 1 aromatic carbocycles. The molecule has 3 aromatic rings. The number of rotatable bonds is 4. The summed E-state index contributed by atoms with van der Waals surface area (Å²) in [6.07, 6.45) is 4.83. The van der Waals surface area contributed by atoms with E-state index in [0.29, 0.717) is 22.3 Å². The second-order valence-corrected chi connectivity index (χ2v) is 5.37. The van der Waals surface area contributed by atoms with Crippen LogP contribution in [0.5, 0.6) is 0 Å². The Hall–Kier alpha value is -2.86. The highest BCUT2D eigenvalue weighted by atomic mass is 35.5. The van der Waals surface area contributed by atoms with Gasteiger partial charge in [0.2, 0.25) is 0 Å². The van der Waals surface area contributed by atoms with Crippen LogP contribution in [0, 0.1) is 6.92 Å². The van der Waals surface area contributed by atoms with Crippen LogP contribution in [0.2, 0.25) is 5.02 Å². The number of nitrogens with two attached hydrogens (primary N) is 1. The van der Waals surface area contributed by atoms with Gasteiger partial charge in [0.05, 0.1) is 11.9 Å². The van der Waals surface area contributed by atoms with E-state index < -0.39 is 0 Å². The molecule has 4 N–H and O–H groups in total. The molecule has 7 heteroatoms. The zero-order valence-electron chi connectivity index (χ0n) is 12.4. The maximum Gasteiger partial charge on any atom is 0.159 e. The van der Waals surface area contributed by atoms with Gasteiger partial charge in [-0.15, -0.1) is 0 Å². The molecule has 0 amide bonds. The van der Waals surface area contributed by atoms with E-state index in [1.54, 1.807) is 12.4 Å². The van der Waals surface area contributed by atoms with Crippen molar-refractivity contribution in [2.45, 2.75) is 6.92 Å². The minimum atomic E-state index is 0.413. The van der Waals surface area contributed by atoms with Crippen LogP contribution in [-0.2, 0) is 0 Å². The van der Waals surface area contributed by atoms with Gasteiger partial charge in [-0.1, -0.05) is 17.7 Å². The number of aromatic nitrogens is 3. The predicted octanol–water partition coefficient (Wildman–Crippen LogP) is 3.90. The molecule has 0 fully saturated rings. The number of benzene rings is 1. The number of nitrogens with zero attached hydrogens (tertiary/aromatic N) is 3. The van der Waals surface area contributed by atoms with Gasteiger partial charge in [-0.05, 0) is 36.8 Å². The second-order valence-electron chi connectivity index (χ2n) is 4.94. The van der Waals surface area contributed by atoms with Gasteiger partial charge in [0.1, 0.15) is 12.0 Å². The molecule has 0 aliphatic rings. The highest BCUT2D eigenvalue weighted by Gasteiger charge is 2.10. The van der Waals surface area contributed by atoms with Crippen molar-refractivity contribution in [3.63, 3.8) is 0 Å². The number of halogens is 1. The Labute approximate surface area is 138 Å². The Morgan fingerprint density at radius 3 is 2.61 bits per heavy atom. The highest BCUT2D eigenvalue weighted by Crippen LogP contribution is 2.30. The van der Waals surface area contributed by atoms with Crippen LogP contribution in [-0.4, -0.2) is 15.0 Å². The lowest BCUT2D eigenvalue weighted by molar-refractivity contribution is 1.17. The van der Waals surface area contributed by atoms with Crippen LogP contribution < -0.4 is 16.4 Å². The topological polar surface area (TPSA) is 88.8 Å². The summed E-state index contributed by atoms with van der Waals surface area (Å²) >= 11 is 6.04. The number of aryl methyl sites for hydroxylation is 1. The smallest absolute Gasteiger partial charge is 0.159 e. The van der Waals surface area contributed by atoms with Crippen molar-refractivity contribution in [3.8, 4) is 0 Å². The first-order chi connectivity index (χ1) is 11.1. The van der Waals surface area contributed by atoms with Crippen LogP contribution in [0.15, 0.2) is 49.1 Å². The molecular formula is C16H15ClN6. The van der Waals surface area contributed by atoms with Crippen molar-refractivity contribution in [2.24, 2.45) is 0 Å². The largest absolute Gasteiger partial charge is 0.393 e. The molecule has 116 valence electrons. The lowest BCUT2D eigenvalue weighted by atomic mass is 10.2. The average Bonchev–Trinajstić information content (AvgIpc) is 2.55. The standard InChI is InChI=1S/C16H15ClN6/c1-10-4-5-11(17)7-13(10)23-16-14(18)15(20-9-21-16)22-12-3-2-6-19-8-12/h2-9H,18H2,1H3,(H2,20,21,22,23). The quantitative estimate of drug-likeness (QED) is 0.673. The molecule has 0 radical (unpaired) electrons. The zero-order chi connectivity index (χ0) is 16.2. The van der Waals surface area contributed by atoms with Crippen molar-refractivity contribution in [1.29, 1.82) is 0 Å². The Morgan fingerprint density at radius 1 is 1.09 bits per heavy atom. The summed E-state index contributed by atoms with van der Waals surface area (Å²) in [5.41, 5.74) is 9.25. The Kier molecular flexibility index (Phi) is 4.25. The Bertz CT molecular complexity index is 822. The van der Waals surface area contributed by atoms with Crippen LogP contribution in [0.4, 0.5) is 28.7 Å². The second kappa shape index (κ2) is 6.50. The first-order valence-corrected chi connectivity index (χ1v) is 7.32. The van der Waals surface area contributed by atoms with Crippen LogP contribution in [0.3, 0.4) is 0 Å². The Balaban J connectivity index is 1.89. The zero-order valence-corrected chi connectivity index (χ0v) is 13.2. The van der Waals surface area contributed by atoms with Crippen molar-refractivity contribution in [2.75, 3.05) is 16.4 Å². The average molecular weight is 327 g/mol. The van der Waals surface area contributed by atoms with Gasteiger partial charge in [-0.3, -0.25) is 4.98 Å². The predicted molar refractivity (Wildman–Crippen MR) is 93.4 cm³/mol. The molecule has 2 heterocycles. The van der Waals surface area contributed by atoms with E-state index in [2.05, 4.69) is 25.6 Å². The van der Waals surface area contributed by atoms with Crippen molar-refractivity contribution >= 4 is 40.3 Å². The molecule has 3 rings (SSSR count). The Morgan fingerprint density at radius 2 is 1.87 bits per heavy atom. The number of nitrogen functional groups attached to an aromatic ring is 1. The lowest BCUT2D eigenvalue weighted by Gasteiger charge is -2.14. The normalized spacial score (nSPS) is 10.3. The summed E-state index contributed by atoms with van der Waals surface area (Å²) in [6, 6.07) is 9.29. The fraction of sp³-hybridized carbons (Fsp3) is 0.0625. The first-order valence-electron chi connectivity index (χ1n) is 6.94. The van der Waals surface area contributed by atoms with E-state index in [0.717, 1.165) is 16.9 Å². The fourth-order valence-corrected chi connectivity index (χ4v) is 2.20. The number of hydrogen-bond acceptors (Lipinski definition) is 6. The van der Waals surface area contributed by atoms with Crippen LogP contribution in [0.25, 0.3) is 0 Å². The van der Waals surface area contributed by atoms with Gasteiger partial charge in [0, 0.05) is 16.9 Å². The summed E-state index contributed by atoms with van der Waals surface area (Å²) < 4.78 is 0. The molecule has 6 nitrogen and oxygen atoms in total. The third-order valence-electron chi connectivity index (χ3n) is 3.26. The molecule has 0 aliphatic heterocycles. The van der Waals surface area contributed by atoms with Gasteiger partial charge >= 0.3 is 0 Å². The van der Waals surface area contributed by atoms with Gasteiger partial charge in [0.25, 0.3) is 0 Å². The van der Waals surface area contributed by atoms with E-state index in [4.69, 9.17) is 17.3 Å². The molecule has 2 aromatic heterocycles. The maximum absolute atomic E-state index is 6.16. The van der Waals surface area contributed by atoms with Crippen LogP contribution >= 0.6 is 11.6 Å². The lowest BCUT2D eigenvalue weighted by Crippen LogP contribution is -2.05. The summed E-state index contributed by atoms with van der Waals surface area (Å²) in [7, 11) is 0. The summed E-state index contributed by atoms with van der Waals surface area (Å²) in [6.45, 7) is 1.98. The van der Waals surface area contributed by atoms with E-state index >= 15 is 0 Å². The highest BCUT2D eigenvalue weighted by molar-refractivity contribution is 6.30. The third kappa shape index (κ3) is 3.49. The molecule has 0 spiro atoms. The van der Waals surface area contributed by atoms with Crippen molar-refractivity contribution in [3.05, 3.63) is 59.6 Å². The SMILES string of the molecule is Cc1ccc(Cl)cc1Nc1ncnc(Nc2cccnc2)c1N. The van der Waals surface area contributed by atoms with E-state index in [9.17, 15) is 0 Å². The minimum Gasteiger partial charge on any atom is -0.393 e. The fourth-order valence-electron chi connectivity index (χ4n) is 2.02. The molecule has 0 saturated carbocycles. The molecule has 0 saturated heterocycles. The third-order valence-corrected chi connectivity index (χ3v) is 3.50.